The standard InChI is InChI=1S/C4H13N3/c1-2-6-4-7-3-5/h6-7H,2-5H2,1H3. The van der Waals surface area contributed by atoms with Gasteiger partial charge in [-0.05, 0) is 6.54 Å². The fourth-order valence-corrected chi connectivity index (χ4v) is 0.286. The Balaban J connectivity index is 2.45. The van der Waals surface area contributed by atoms with E-state index in [1.807, 2.05) is 0 Å². The second-order valence-electron chi connectivity index (χ2n) is 1.23. The SMILES string of the molecule is CCNCNCN. The van der Waals surface area contributed by atoms with E-state index >= 15 is 0 Å². The van der Waals surface area contributed by atoms with Crippen LogP contribution in [0.4, 0.5) is 0 Å². The number of rotatable bonds is 4. The molecule has 0 aliphatic rings. The quantitative estimate of drug-likeness (QED) is 0.318. The molecule has 3 heteroatoms. The molecule has 0 aliphatic heterocycles. The Labute approximate surface area is 44.3 Å². The highest BCUT2D eigenvalue weighted by Gasteiger charge is 1.73. The van der Waals surface area contributed by atoms with E-state index in [1.165, 1.54) is 0 Å². The molecule has 0 saturated heterocycles. The molecular weight excluding hydrogens is 90.1 g/mol. The summed E-state index contributed by atoms with van der Waals surface area (Å²) in [6.07, 6.45) is 0. The lowest BCUT2D eigenvalue weighted by Gasteiger charge is -1.98. The van der Waals surface area contributed by atoms with Crippen LogP contribution >= 0.6 is 0 Å². The first-order valence-corrected chi connectivity index (χ1v) is 2.53. The van der Waals surface area contributed by atoms with Crippen molar-refractivity contribution < 1.29 is 0 Å². The molecule has 0 saturated carbocycles. The van der Waals surface area contributed by atoms with Crippen LogP contribution in [0.25, 0.3) is 0 Å². The molecule has 4 N–H and O–H groups in total. The summed E-state index contributed by atoms with van der Waals surface area (Å²) in [7, 11) is 0. The molecule has 0 atom stereocenters. The molecule has 44 valence electrons. The maximum atomic E-state index is 5.12. The first kappa shape index (κ1) is 6.88. The summed E-state index contributed by atoms with van der Waals surface area (Å²) in [6.45, 7) is 4.41. The van der Waals surface area contributed by atoms with Gasteiger partial charge in [-0.2, -0.15) is 0 Å². The van der Waals surface area contributed by atoms with E-state index in [4.69, 9.17) is 5.73 Å². The van der Waals surface area contributed by atoms with Crippen LogP contribution in [0.1, 0.15) is 6.92 Å². The molecule has 0 heterocycles. The van der Waals surface area contributed by atoms with E-state index in [-0.39, 0.29) is 0 Å². The van der Waals surface area contributed by atoms with Gasteiger partial charge in [0.2, 0.25) is 0 Å². The summed E-state index contributed by atoms with van der Waals surface area (Å²) in [5, 5.41) is 5.97. The fraction of sp³-hybridized carbons (Fsp3) is 1.00. The first-order valence-electron chi connectivity index (χ1n) is 2.53. The van der Waals surface area contributed by atoms with Gasteiger partial charge < -0.3 is 11.1 Å². The number of hydrogen-bond acceptors (Lipinski definition) is 3. The predicted octanol–water partition coefficient (Wildman–Crippen LogP) is -0.941. The van der Waals surface area contributed by atoms with Crippen molar-refractivity contribution in [2.24, 2.45) is 5.73 Å². The number of nitrogens with two attached hydrogens (primary N) is 1. The summed E-state index contributed by atoms with van der Waals surface area (Å²) < 4.78 is 0. The molecule has 7 heavy (non-hydrogen) atoms. The van der Waals surface area contributed by atoms with Crippen LogP contribution in [0.5, 0.6) is 0 Å². The summed E-state index contributed by atoms with van der Waals surface area (Å²) in [5.41, 5.74) is 5.12. The Kier molecular flexibility index (Phi) is 5.78. The Morgan fingerprint density at radius 3 is 2.57 bits per heavy atom. The third-order valence-electron chi connectivity index (χ3n) is 0.644. The van der Waals surface area contributed by atoms with Gasteiger partial charge in [0.1, 0.15) is 0 Å². The van der Waals surface area contributed by atoms with Crippen LogP contribution in [0, 0.1) is 0 Å². The van der Waals surface area contributed by atoms with Crippen LogP contribution in [0.15, 0.2) is 0 Å². The zero-order chi connectivity index (χ0) is 5.54. The highest BCUT2D eigenvalue weighted by Crippen LogP contribution is 1.46. The molecule has 0 aromatic heterocycles. The lowest BCUT2D eigenvalue weighted by atomic mass is 10.7. The maximum Gasteiger partial charge on any atom is 0.0464 e. The van der Waals surface area contributed by atoms with Crippen molar-refractivity contribution in [1.82, 2.24) is 10.6 Å². The van der Waals surface area contributed by atoms with E-state index in [0.717, 1.165) is 13.2 Å². The molecule has 0 amide bonds. The average Bonchev–Trinajstić information content (AvgIpc) is 1.69. The third-order valence-corrected chi connectivity index (χ3v) is 0.644. The zero-order valence-electron chi connectivity index (χ0n) is 4.70. The van der Waals surface area contributed by atoms with Gasteiger partial charge in [0, 0.05) is 13.3 Å². The van der Waals surface area contributed by atoms with Gasteiger partial charge in [0.15, 0.2) is 0 Å². The smallest absolute Gasteiger partial charge is 0.0464 e. The summed E-state index contributed by atoms with van der Waals surface area (Å²) in [5.74, 6) is 0. The van der Waals surface area contributed by atoms with E-state index in [1.54, 1.807) is 0 Å². The molecule has 0 bridgehead atoms. The molecule has 3 nitrogen and oxygen atoms in total. The highest BCUT2D eigenvalue weighted by atomic mass is 15.1. The van der Waals surface area contributed by atoms with Crippen molar-refractivity contribution in [3.05, 3.63) is 0 Å². The van der Waals surface area contributed by atoms with Crippen molar-refractivity contribution in [2.75, 3.05) is 19.9 Å². The van der Waals surface area contributed by atoms with Crippen molar-refractivity contribution in [2.45, 2.75) is 6.92 Å². The minimum atomic E-state index is 0.549. The van der Waals surface area contributed by atoms with Gasteiger partial charge in [-0.15, -0.1) is 0 Å². The van der Waals surface area contributed by atoms with Gasteiger partial charge in [-0.1, -0.05) is 6.92 Å². The average molecular weight is 103 g/mol. The second kappa shape index (κ2) is 5.88. The van der Waals surface area contributed by atoms with Crippen LogP contribution in [0.2, 0.25) is 0 Å². The van der Waals surface area contributed by atoms with Crippen molar-refractivity contribution in [1.29, 1.82) is 0 Å². The Bertz CT molecular complexity index is 26.1. The minimum absolute atomic E-state index is 0.549. The molecule has 0 spiro atoms. The van der Waals surface area contributed by atoms with E-state index < -0.39 is 0 Å². The summed E-state index contributed by atoms with van der Waals surface area (Å²) >= 11 is 0. The molecule has 0 fully saturated rings. The van der Waals surface area contributed by atoms with E-state index in [2.05, 4.69) is 17.6 Å². The van der Waals surface area contributed by atoms with Crippen molar-refractivity contribution in [3.63, 3.8) is 0 Å². The molecule has 0 radical (unpaired) electrons. The van der Waals surface area contributed by atoms with E-state index in [0.29, 0.717) is 6.67 Å². The second-order valence-corrected chi connectivity index (χ2v) is 1.23. The lowest BCUT2D eigenvalue weighted by Crippen LogP contribution is -2.32. The van der Waals surface area contributed by atoms with Gasteiger partial charge in [0.05, 0.1) is 0 Å². The van der Waals surface area contributed by atoms with Crippen LogP contribution in [-0.2, 0) is 0 Å². The van der Waals surface area contributed by atoms with Crippen LogP contribution in [0.3, 0.4) is 0 Å². The monoisotopic (exact) mass is 103 g/mol. The highest BCUT2D eigenvalue weighted by molar-refractivity contribution is 4.35. The Morgan fingerprint density at radius 2 is 2.14 bits per heavy atom. The molecule has 0 aromatic rings. The van der Waals surface area contributed by atoms with Gasteiger partial charge in [-0.25, -0.2) is 0 Å². The molecule has 0 aliphatic carbocycles. The largest absolute Gasteiger partial charge is 0.318 e. The normalized spacial score (nSPS) is 9.43. The van der Waals surface area contributed by atoms with Gasteiger partial charge in [-0.3, -0.25) is 5.32 Å². The van der Waals surface area contributed by atoms with Gasteiger partial charge in [0.25, 0.3) is 0 Å². The molecule has 0 rings (SSSR count). The van der Waals surface area contributed by atoms with Crippen LogP contribution < -0.4 is 16.4 Å². The zero-order valence-corrected chi connectivity index (χ0v) is 4.70. The van der Waals surface area contributed by atoms with E-state index in [9.17, 15) is 0 Å². The number of nitrogens with one attached hydrogen (secondary N) is 2. The molecule has 0 aromatic carbocycles. The summed E-state index contributed by atoms with van der Waals surface area (Å²) in [4.78, 5) is 0. The molecule has 0 unspecified atom stereocenters. The summed E-state index contributed by atoms with van der Waals surface area (Å²) in [6, 6.07) is 0. The lowest BCUT2D eigenvalue weighted by molar-refractivity contribution is 0.608. The Hall–Kier alpha value is -0.120. The minimum Gasteiger partial charge on any atom is -0.318 e. The predicted molar refractivity (Wildman–Crippen MR) is 30.7 cm³/mol. The first-order chi connectivity index (χ1) is 3.41. The van der Waals surface area contributed by atoms with Crippen molar-refractivity contribution in [3.8, 4) is 0 Å². The maximum absolute atomic E-state index is 5.12. The van der Waals surface area contributed by atoms with Crippen LogP contribution in [-0.4, -0.2) is 19.9 Å². The third kappa shape index (κ3) is 5.88. The van der Waals surface area contributed by atoms with Crippen molar-refractivity contribution >= 4 is 0 Å². The fourth-order valence-electron chi connectivity index (χ4n) is 0.286. The van der Waals surface area contributed by atoms with Gasteiger partial charge >= 0.3 is 0 Å². The topological polar surface area (TPSA) is 50.1 Å². The number of hydrogen-bond donors (Lipinski definition) is 3. The molecular formula is C4H13N3. The Morgan fingerprint density at radius 1 is 1.43 bits per heavy atom.